The molecule has 28 heavy (non-hydrogen) atoms. The minimum Gasteiger partial charge on any atom is -0.325 e. The molecule has 0 spiro atoms. The molecule has 0 aliphatic rings. The number of nitrogens with zero attached hydrogens (tertiary/aromatic N) is 1. The molecule has 2 aromatic carbocycles. The zero-order valence-corrected chi connectivity index (χ0v) is 17.5. The van der Waals surface area contributed by atoms with Crippen LogP contribution in [0.1, 0.15) is 16.1 Å². The van der Waals surface area contributed by atoms with E-state index in [-0.39, 0.29) is 5.91 Å². The molecule has 2 N–H and O–H groups in total. The first-order chi connectivity index (χ1) is 13.7. The van der Waals surface area contributed by atoms with Crippen molar-refractivity contribution < 1.29 is 9.59 Å². The van der Waals surface area contributed by atoms with Crippen molar-refractivity contribution in [3.05, 3.63) is 71.2 Å². The van der Waals surface area contributed by atoms with Gasteiger partial charge in [0.1, 0.15) is 11.3 Å². The predicted molar refractivity (Wildman–Crippen MR) is 119 cm³/mol. The van der Waals surface area contributed by atoms with E-state index in [1.807, 2.05) is 49.8 Å². The van der Waals surface area contributed by atoms with Crippen molar-refractivity contribution in [3.63, 3.8) is 0 Å². The Kier molecular flexibility index (Phi) is 9.41. The summed E-state index contributed by atoms with van der Waals surface area (Å²) in [7, 11) is 3.75. The summed E-state index contributed by atoms with van der Waals surface area (Å²) in [5, 5.41) is 8.57. The molecular weight excluding hydrogens is 390 g/mol. The van der Waals surface area contributed by atoms with E-state index < -0.39 is 0 Å². The van der Waals surface area contributed by atoms with Gasteiger partial charge in [0.15, 0.2) is 0 Å². The van der Waals surface area contributed by atoms with Crippen molar-refractivity contribution >= 4 is 41.0 Å². The second-order valence-corrected chi connectivity index (χ2v) is 7.64. The summed E-state index contributed by atoms with van der Waals surface area (Å²) in [5.41, 5.74) is 3.26. The van der Waals surface area contributed by atoms with Crippen LogP contribution in [0.2, 0.25) is 0 Å². The van der Waals surface area contributed by atoms with Gasteiger partial charge in [-0.05, 0) is 26.2 Å². The standard InChI is InChI=1S/C19H16N2O2S2.C2H7N/c22-10-14-5-4-8-16(9-14)20-18(23)13-24-11-17-12-25-19(21-17)15-6-2-1-3-7-15;1-3-2/h1-10,12H,11,13H2,(H,20,23);3H,1-2H3. The number of hydrogen-bond acceptors (Lipinski definition) is 6. The summed E-state index contributed by atoms with van der Waals surface area (Å²) in [6.07, 6.45) is 0.761. The van der Waals surface area contributed by atoms with Gasteiger partial charge in [0, 0.05) is 27.9 Å². The number of carbonyl (C=O) groups is 2. The minimum absolute atomic E-state index is 0.0911. The van der Waals surface area contributed by atoms with Crippen LogP contribution >= 0.6 is 23.1 Å². The van der Waals surface area contributed by atoms with Crippen molar-refractivity contribution in [2.75, 3.05) is 25.2 Å². The molecule has 0 radical (unpaired) electrons. The maximum Gasteiger partial charge on any atom is 0.234 e. The summed E-state index contributed by atoms with van der Waals surface area (Å²) in [4.78, 5) is 27.4. The number of aromatic nitrogens is 1. The number of thioether (sulfide) groups is 1. The molecule has 0 unspecified atom stereocenters. The topological polar surface area (TPSA) is 71.1 Å². The van der Waals surface area contributed by atoms with Crippen LogP contribution in [0.4, 0.5) is 5.69 Å². The highest BCUT2D eigenvalue weighted by atomic mass is 32.2. The van der Waals surface area contributed by atoms with Crippen LogP contribution in [-0.2, 0) is 10.5 Å². The number of rotatable bonds is 7. The molecule has 0 aliphatic heterocycles. The third-order valence-corrected chi connectivity index (χ3v) is 5.27. The Morgan fingerprint density at radius 1 is 1.14 bits per heavy atom. The number of benzene rings is 2. The predicted octanol–water partition coefficient (Wildman–Crippen LogP) is 4.33. The fraction of sp³-hybridized carbons (Fsp3) is 0.190. The van der Waals surface area contributed by atoms with Crippen LogP contribution in [0.3, 0.4) is 0 Å². The smallest absolute Gasteiger partial charge is 0.234 e. The number of hydrogen-bond donors (Lipinski definition) is 2. The SMILES string of the molecule is CNC.O=Cc1cccc(NC(=O)CSCc2csc(-c3ccccc3)n2)c1. The molecule has 0 saturated heterocycles. The first-order valence-corrected chi connectivity index (χ1v) is 10.7. The van der Waals surface area contributed by atoms with Crippen molar-refractivity contribution in [1.82, 2.24) is 10.3 Å². The number of amides is 1. The van der Waals surface area contributed by atoms with Crippen LogP contribution in [0.15, 0.2) is 60.0 Å². The third-order valence-electron chi connectivity index (χ3n) is 3.36. The van der Waals surface area contributed by atoms with Gasteiger partial charge >= 0.3 is 0 Å². The fourth-order valence-corrected chi connectivity index (χ4v) is 3.87. The molecule has 1 aromatic heterocycles. The first kappa shape index (κ1) is 21.8. The molecule has 0 atom stereocenters. The Bertz CT molecular complexity index is 882. The number of anilines is 1. The molecule has 5 nitrogen and oxygen atoms in total. The van der Waals surface area contributed by atoms with E-state index in [9.17, 15) is 9.59 Å². The van der Waals surface area contributed by atoms with E-state index >= 15 is 0 Å². The quantitative estimate of drug-likeness (QED) is 0.564. The van der Waals surface area contributed by atoms with Gasteiger partial charge in [0.25, 0.3) is 0 Å². The highest BCUT2D eigenvalue weighted by Gasteiger charge is 2.07. The summed E-state index contributed by atoms with van der Waals surface area (Å²) >= 11 is 3.12. The normalized spacial score (nSPS) is 9.93. The van der Waals surface area contributed by atoms with Crippen LogP contribution in [-0.4, -0.2) is 37.0 Å². The lowest BCUT2D eigenvalue weighted by Crippen LogP contribution is -2.14. The lowest BCUT2D eigenvalue weighted by molar-refractivity contribution is -0.113. The van der Waals surface area contributed by atoms with Crippen molar-refractivity contribution in [3.8, 4) is 10.6 Å². The molecular formula is C21H23N3O2S2. The van der Waals surface area contributed by atoms with E-state index in [1.165, 1.54) is 11.8 Å². The van der Waals surface area contributed by atoms with Crippen LogP contribution < -0.4 is 10.6 Å². The zero-order valence-electron chi connectivity index (χ0n) is 15.8. The van der Waals surface area contributed by atoms with Gasteiger partial charge in [0.05, 0.1) is 11.4 Å². The lowest BCUT2D eigenvalue weighted by atomic mass is 10.2. The second-order valence-electron chi connectivity index (χ2n) is 5.79. The van der Waals surface area contributed by atoms with E-state index in [1.54, 1.807) is 35.6 Å². The first-order valence-electron chi connectivity index (χ1n) is 8.67. The largest absolute Gasteiger partial charge is 0.325 e. The van der Waals surface area contributed by atoms with E-state index in [0.717, 1.165) is 22.6 Å². The van der Waals surface area contributed by atoms with E-state index in [4.69, 9.17) is 0 Å². The Hall–Kier alpha value is -2.48. The Morgan fingerprint density at radius 3 is 2.61 bits per heavy atom. The fourth-order valence-electron chi connectivity index (χ4n) is 2.22. The lowest BCUT2D eigenvalue weighted by Gasteiger charge is -2.05. The van der Waals surface area contributed by atoms with Gasteiger partial charge in [-0.3, -0.25) is 9.59 Å². The number of carbonyl (C=O) groups excluding carboxylic acids is 2. The van der Waals surface area contributed by atoms with Crippen molar-refractivity contribution in [2.24, 2.45) is 0 Å². The summed E-state index contributed by atoms with van der Waals surface area (Å²) in [5.74, 6) is 0.931. The summed E-state index contributed by atoms with van der Waals surface area (Å²) in [6, 6.07) is 16.9. The van der Waals surface area contributed by atoms with Crippen molar-refractivity contribution in [1.29, 1.82) is 0 Å². The Balaban J connectivity index is 0.000000878. The molecule has 0 fully saturated rings. The highest BCUT2D eigenvalue weighted by molar-refractivity contribution is 7.99. The summed E-state index contributed by atoms with van der Waals surface area (Å²) < 4.78 is 0. The van der Waals surface area contributed by atoms with Gasteiger partial charge in [-0.2, -0.15) is 0 Å². The summed E-state index contributed by atoms with van der Waals surface area (Å²) in [6.45, 7) is 0. The Morgan fingerprint density at radius 2 is 1.89 bits per heavy atom. The van der Waals surface area contributed by atoms with E-state index in [0.29, 0.717) is 22.8 Å². The molecule has 0 bridgehead atoms. The van der Waals surface area contributed by atoms with Gasteiger partial charge in [-0.1, -0.05) is 42.5 Å². The monoisotopic (exact) mass is 413 g/mol. The van der Waals surface area contributed by atoms with Gasteiger partial charge in [0.2, 0.25) is 5.91 Å². The van der Waals surface area contributed by atoms with Gasteiger partial charge in [-0.25, -0.2) is 4.98 Å². The average Bonchev–Trinajstić information content (AvgIpc) is 3.18. The number of thiazole rings is 1. The molecule has 0 aliphatic carbocycles. The second kappa shape index (κ2) is 12.1. The van der Waals surface area contributed by atoms with Gasteiger partial charge in [-0.15, -0.1) is 23.1 Å². The molecule has 1 amide bonds. The molecule has 7 heteroatoms. The number of aldehydes is 1. The van der Waals surface area contributed by atoms with Gasteiger partial charge < -0.3 is 10.6 Å². The molecule has 0 saturated carbocycles. The van der Waals surface area contributed by atoms with Crippen LogP contribution in [0, 0.1) is 0 Å². The van der Waals surface area contributed by atoms with Crippen LogP contribution in [0.5, 0.6) is 0 Å². The molecule has 146 valence electrons. The van der Waals surface area contributed by atoms with Crippen molar-refractivity contribution in [2.45, 2.75) is 5.75 Å². The van der Waals surface area contributed by atoms with E-state index in [2.05, 4.69) is 15.6 Å². The Labute approximate surface area is 173 Å². The zero-order chi connectivity index (χ0) is 20.2. The molecule has 3 rings (SSSR count). The maximum absolute atomic E-state index is 12.0. The minimum atomic E-state index is -0.0911. The molecule has 3 aromatic rings. The highest BCUT2D eigenvalue weighted by Crippen LogP contribution is 2.25. The number of nitrogens with one attached hydrogen (secondary N) is 2. The van der Waals surface area contributed by atoms with Crippen LogP contribution in [0.25, 0.3) is 10.6 Å². The third kappa shape index (κ3) is 7.26. The maximum atomic E-state index is 12.0. The average molecular weight is 414 g/mol. The molecule has 1 heterocycles.